The summed E-state index contributed by atoms with van der Waals surface area (Å²) in [6, 6.07) is 15.2. The molecule has 0 saturated heterocycles. The van der Waals surface area contributed by atoms with Gasteiger partial charge in [-0.2, -0.15) is 14.6 Å². The van der Waals surface area contributed by atoms with Gasteiger partial charge in [-0.15, -0.1) is 0 Å². The molecule has 2 aromatic heterocycles. The summed E-state index contributed by atoms with van der Waals surface area (Å²) in [6.45, 7) is 6.05. The van der Waals surface area contributed by atoms with Crippen LogP contribution in [0.25, 0.3) is 11.0 Å². The molecule has 0 saturated carbocycles. The fourth-order valence-corrected chi connectivity index (χ4v) is 3.82. The molecule has 0 spiro atoms. The van der Waals surface area contributed by atoms with E-state index in [-0.39, 0.29) is 16.2 Å². The summed E-state index contributed by atoms with van der Waals surface area (Å²) < 4.78 is 7.14. The number of aromatic nitrogens is 3. The van der Waals surface area contributed by atoms with Crippen molar-refractivity contribution >= 4 is 22.4 Å². The van der Waals surface area contributed by atoms with Gasteiger partial charge in [-0.05, 0) is 36.3 Å². The van der Waals surface area contributed by atoms with Crippen molar-refractivity contribution in [2.24, 2.45) is 0 Å². The van der Waals surface area contributed by atoms with Gasteiger partial charge in [0, 0.05) is 6.42 Å². The van der Waals surface area contributed by atoms with Crippen molar-refractivity contribution in [1.82, 2.24) is 14.6 Å². The van der Waals surface area contributed by atoms with E-state index < -0.39 is 5.56 Å². The minimum Gasteiger partial charge on any atom is -0.490 e. The lowest BCUT2D eigenvalue weighted by Crippen LogP contribution is -2.28. The maximum Gasteiger partial charge on any atom is 0.296 e. The first-order chi connectivity index (χ1) is 14.5. The minimum atomic E-state index is -0.410. The molecule has 0 amide bonds. The van der Waals surface area contributed by atoms with Crippen molar-refractivity contribution in [2.45, 2.75) is 13.3 Å². The van der Waals surface area contributed by atoms with Gasteiger partial charge in [0.2, 0.25) is 4.96 Å². The second kappa shape index (κ2) is 8.42. The molecule has 0 fully saturated rings. The molecule has 0 aliphatic heterocycles. The van der Waals surface area contributed by atoms with Gasteiger partial charge in [0.15, 0.2) is 0 Å². The van der Waals surface area contributed by atoms with Crippen LogP contribution in [0.5, 0.6) is 5.75 Å². The maximum absolute atomic E-state index is 12.8. The molecule has 0 radical (unpaired) electrons. The molecule has 30 heavy (non-hydrogen) atoms. The Hall–Kier alpha value is -3.58. The smallest absolute Gasteiger partial charge is 0.296 e. The molecule has 0 aliphatic carbocycles. The average molecular weight is 417 g/mol. The van der Waals surface area contributed by atoms with E-state index in [9.17, 15) is 9.59 Å². The van der Waals surface area contributed by atoms with Crippen LogP contribution in [-0.4, -0.2) is 21.2 Å². The highest BCUT2D eigenvalue weighted by Gasteiger charge is 2.11. The van der Waals surface area contributed by atoms with Crippen LogP contribution < -0.4 is 20.4 Å². The highest BCUT2D eigenvalue weighted by atomic mass is 32.1. The number of hydrogen-bond donors (Lipinski definition) is 0. The Labute approximate surface area is 176 Å². The summed E-state index contributed by atoms with van der Waals surface area (Å²) in [5.74, 6) is 0.722. The second-order valence-corrected chi connectivity index (χ2v) is 7.81. The molecular formula is C23H19N3O3S. The van der Waals surface area contributed by atoms with Crippen molar-refractivity contribution in [3.63, 3.8) is 0 Å². The number of aryl methyl sites for hydroxylation is 1. The van der Waals surface area contributed by atoms with Crippen molar-refractivity contribution in [3.8, 4) is 5.75 Å². The number of thiazole rings is 1. The summed E-state index contributed by atoms with van der Waals surface area (Å²) >= 11 is 1.14. The third-order valence-electron chi connectivity index (χ3n) is 4.49. The largest absolute Gasteiger partial charge is 0.490 e. The molecule has 2 aromatic carbocycles. The molecule has 0 aliphatic rings. The Morgan fingerprint density at radius 3 is 2.53 bits per heavy atom. The molecule has 6 nitrogen and oxygen atoms in total. The Balaban J connectivity index is 1.69. The van der Waals surface area contributed by atoms with E-state index >= 15 is 0 Å². The quantitative estimate of drug-likeness (QED) is 0.451. The van der Waals surface area contributed by atoms with Crippen LogP contribution in [0.4, 0.5) is 0 Å². The first kappa shape index (κ1) is 19.7. The van der Waals surface area contributed by atoms with Crippen molar-refractivity contribution < 1.29 is 4.74 Å². The lowest BCUT2D eigenvalue weighted by atomic mass is 10.1. The number of rotatable bonds is 6. The predicted molar refractivity (Wildman–Crippen MR) is 118 cm³/mol. The number of nitrogens with zero attached hydrogens (tertiary/aromatic N) is 3. The van der Waals surface area contributed by atoms with E-state index in [1.165, 1.54) is 4.52 Å². The molecule has 150 valence electrons. The summed E-state index contributed by atoms with van der Waals surface area (Å²) in [5.41, 5.74) is 2.47. The lowest BCUT2D eigenvalue weighted by molar-refractivity contribution is 0.363. The van der Waals surface area contributed by atoms with Gasteiger partial charge in [0.1, 0.15) is 18.1 Å². The number of hydrogen-bond acceptors (Lipinski definition) is 6. The predicted octanol–water partition coefficient (Wildman–Crippen LogP) is 2.52. The number of fused-ring (bicyclic) bond motifs is 1. The van der Waals surface area contributed by atoms with Crippen molar-refractivity contribution in [3.05, 3.63) is 109 Å². The fraction of sp³-hybridized carbons (Fsp3) is 0.130. The minimum absolute atomic E-state index is 0.251. The topological polar surface area (TPSA) is 73.6 Å². The molecule has 4 rings (SSSR count). The first-order valence-electron chi connectivity index (χ1n) is 9.37. The van der Waals surface area contributed by atoms with E-state index in [0.717, 1.165) is 33.8 Å². The Kier molecular flexibility index (Phi) is 5.54. The van der Waals surface area contributed by atoms with Crippen LogP contribution in [0.15, 0.2) is 70.8 Å². The SMILES string of the molecule is C=CCOc1ccc(/C=c2\sc3nc(=O)c(Cc4ccc(C)cc4)nn3c2=O)cc1. The van der Waals surface area contributed by atoms with Gasteiger partial charge in [0.05, 0.1) is 4.53 Å². The van der Waals surface area contributed by atoms with Gasteiger partial charge in [-0.25, -0.2) is 0 Å². The molecule has 7 heteroatoms. The highest BCUT2D eigenvalue weighted by Crippen LogP contribution is 2.13. The fourth-order valence-electron chi connectivity index (χ4n) is 2.92. The molecular weight excluding hydrogens is 398 g/mol. The molecule has 0 unspecified atom stereocenters. The summed E-state index contributed by atoms with van der Waals surface area (Å²) in [7, 11) is 0. The number of ether oxygens (including phenoxy) is 1. The molecule has 0 N–H and O–H groups in total. The van der Waals surface area contributed by atoms with Crippen molar-refractivity contribution in [1.29, 1.82) is 0 Å². The molecule has 2 heterocycles. The van der Waals surface area contributed by atoms with E-state index in [2.05, 4.69) is 16.7 Å². The van der Waals surface area contributed by atoms with Crippen LogP contribution in [-0.2, 0) is 6.42 Å². The molecule has 0 bridgehead atoms. The third-order valence-corrected chi connectivity index (χ3v) is 5.45. The number of benzene rings is 2. The van der Waals surface area contributed by atoms with Gasteiger partial charge in [-0.1, -0.05) is 66.0 Å². The van der Waals surface area contributed by atoms with Gasteiger partial charge >= 0.3 is 0 Å². The van der Waals surface area contributed by atoms with E-state index in [0.29, 0.717) is 17.6 Å². The van der Waals surface area contributed by atoms with E-state index in [4.69, 9.17) is 4.74 Å². The Bertz CT molecular complexity index is 1370. The van der Waals surface area contributed by atoms with E-state index in [1.54, 1.807) is 12.2 Å². The first-order valence-corrected chi connectivity index (χ1v) is 10.2. The zero-order chi connectivity index (χ0) is 21.1. The van der Waals surface area contributed by atoms with Crippen LogP contribution in [0.2, 0.25) is 0 Å². The van der Waals surface area contributed by atoms with Crippen molar-refractivity contribution in [2.75, 3.05) is 6.61 Å². The Morgan fingerprint density at radius 1 is 1.10 bits per heavy atom. The summed E-state index contributed by atoms with van der Waals surface area (Å²) in [6.07, 6.45) is 3.76. The molecule has 4 aromatic rings. The zero-order valence-electron chi connectivity index (χ0n) is 16.4. The Morgan fingerprint density at radius 2 is 1.83 bits per heavy atom. The normalized spacial score (nSPS) is 11.7. The van der Waals surface area contributed by atoms with Crippen LogP contribution in [0.1, 0.15) is 22.4 Å². The van der Waals surface area contributed by atoms with Gasteiger partial charge in [0.25, 0.3) is 11.1 Å². The van der Waals surface area contributed by atoms with E-state index in [1.807, 2.05) is 55.5 Å². The zero-order valence-corrected chi connectivity index (χ0v) is 17.2. The highest BCUT2D eigenvalue weighted by molar-refractivity contribution is 7.15. The third kappa shape index (κ3) is 4.21. The second-order valence-electron chi connectivity index (χ2n) is 6.80. The van der Waals surface area contributed by atoms with Crippen LogP contribution in [0.3, 0.4) is 0 Å². The van der Waals surface area contributed by atoms with Crippen LogP contribution in [0, 0.1) is 6.92 Å². The lowest BCUT2D eigenvalue weighted by Gasteiger charge is -2.02. The summed E-state index contributed by atoms with van der Waals surface area (Å²) in [5, 5.41) is 4.29. The van der Waals surface area contributed by atoms with Gasteiger partial charge in [-0.3, -0.25) is 9.59 Å². The van der Waals surface area contributed by atoms with Gasteiger partial charge < -0.3 is 4.74 Å². The standard InChI is InChI=1S/C23H19N3O3S/c1-3-12-29-18-10-8-17(9-11-18)14-20-22(28)26-23(30-20)24-21(27)19(25-26)13-16-6-4-15(2)5-7-16/h3-11,14H,1,12-13H2,2H3/b20-14-. The average Bonchev–Trinajstić information content (AvgIpc) is 3.04. The monoisotopic (exact) mass is 417 g/mol. The molecule has 0 atom stereocenters. The maximum atomic E-state index is 12.8. The van der Waals surface area contributed by atoms with Crippen LogP contribution >= 0.6 is 11.3 Å². The summed E-state index contributed by atoms with van der Waals surface area (Å²) in [4.78, 5) is 29.6.